The largest absolute Gasteiger partial charge is 0.322 e. The van der Waals surface area contributed by atoms with Crippen LogP contribution in [0.4, 0.5) is 11.4 Å². The third-order valence-electron chi connectivity index (χ3n) is 3.83. The van der Waals surface area contributed by atoms with Crippen molar-refractivity contribution in [1.82, 2.24) is 0 Å². The zero-order chi connectivity index (χ0) is 19.4. The van der Waals surface area contributed by atoms with E-state index in [-0.39, 0.29) is 10.8 Å². The third-order valence-corrected chi connectivity index (χ3v) is 5.76. The number of benzene rings is 3. The number of carbonyl (C=O) groups is 1. The lowest BCUT2D eigenvalue weighted by Gasteiger charge is -2.09. The van der Waals surface area contributed by atoms with Crippen molar-refractivity contribution in [2.75, 3.05) is 10.0 Å². The Bertz CT molecular complexity index is 1050. The molecule has 0 unspecified atom stereocenters. The van der Waals surface area contributed by atoms with Gasteiger partial charge in [-0.1, -0.05) is 33.6 Å². The van der Waals surface area contributed by atoms with Crippen molar-refractivity contribution in [2.45, 2.75) is 11.8 Å². The second kappa shape index (κ2) is 7.94. The number of aryl methyl sites for hydroxylation is 1. The fourth-order valence-corrected chi connectivity index (χ4v) is 3.68. The monoisotopic (exact) mass is 444 g/mol. The second-order valence-electron chi connectivity index (χ2n) is 5.96. The van der Waals surface area contributed by atoms with Gasteiger partial charge >= 0.3 is 0 Å². The summed E-state index contributed by atoms with van der Waals surface area (Å²) in [7, 11) is -3.67. The van der Waals surface area contributed by atoms with E-state index in [0.29, 0.717) is 16.9 Å². The van der Waals surface area contributed by atoms with Gasteiger partial charge in [-0.2, -0.15) is 0 Å². The fraction of sp³-hybridized carbons (Fsp3) is 0.0500. The average Bonchev–Trinajstić information content (AvgIpc) is 2.64. The molecule has 0 aliphatic rings. The van der Waals surface area contributed by atoms with Gasteiger partial charge in [-0.3, -0.25) is 9.52 Å². The normalized spacial score (nSPS) is 11.0. The van der Waals surface area contributed by atoms with Gasteiger partial charge in [0, 0.05) is 21.4 Å². The van der Waals surface area contributed by atoms with Crippen LogP contribution >= 0.6 is 15.9 Å². The Hall–Kier alpha value is -2.64. The first-order valence-electron chi connectivity index (χ1n) is 8.10. The Kier molecular flexibility index (Phi) is 5.62. The minimum Gasteiger partial charge on any atom is -0.322 e. The number of rotatable bonds is 5. The summed E-state index contributed by atoms with van der Waals surface area (Å²) >= 11 is 3.34. The number of sulfonamides is 1. The number of hydrogen-bond donors (Lipinski definition) is 2. The lowest BCUT2D eigenvalue weighted by atomic mass is 10.2. The van der Waals surface area contributed by atoms with E-state index in [4.69, 9.17) is 0 Å². The van der Waals surface area contributed by atoms with Crippen LogP contribution in [-0.4, -0.2) is 14.3 Å². The van der Waals surface area contributed by atoms with Gasteiger partial charge in [0.15, 0.2) is 0 Å². The predicted octanol–water partition coefficient (Wildman–Crippen LogP) is 4.81. The van der Waals surface area contributed by atoms with Gasteiger partial charge in [0.05, 0.1) is 4.90 Å². The van der Waals surface area contributed by atoms with Crippen molar-refractivity contribution in [2.24, 2.45) is 0 Å². The van der Waals surface area contributed by atoms with Gasteiger partial charge in [-0.15, -0.1) is 0 Å². The molecular weight excluding hydrogens is 428 g/mol. The molecule has 0 bridgehead atoms. The minimum absolute atomic E-state index is 0.185. The summed E-state index contributed by atoms with van der Waals surface area (Å²) in [6.45, 7) is 1.89. The molecule has 5 nitrogen and oxygen atoms in total. The Labute approximate surface area is 166 Å². The maximum atomic E-state index is 12.4. The molecule has 0 saturated heterocycles. The summed E-state index contributed by atoms with van der Waals surface area (Å²) in [6.07, 6.45) is 0. The number of halogens is 1. The van der Waals surface area contributed by atoms with Gasteiger partial charge in [-0.05, 0) is 67.6 Å². The molecule has 3 aromatic carbocycles. The smallest absolute Gasteiger partial charge is 0.261 e. The van der Waals surface area contributed by atoms with E-state index in [2.05, 4.69) is 26.0 Å². The molecule has 0 aliphatic carbocycles. The molecule has 0 heterocycles. The molecule has 0 aliphatic heterocycles. The van der Waals surface area contributed by atoms with Crippen molar-refractivity contribution < 1.29 is 13.2 Å². The highest BCUT2D eigenvalue weighted by Crippen LogP contribution is 2.19. The predicted molar refractivity (Wildman–Crippen MR) is 111 cm³/mol. The Morgan fingerprint density at radius 3 is 1.96 bits per heavy atom. The van der Waals surface area contributed by atoms with Crippen LogP contribution in [0, 0.1) is 6.92 Å². The van der Waals surface area contributed by atoms with E-state index < -0.39 is 10.0 Å². The summed E-state index contributed by atoms with van der Waals surface area (Å²) in [6, 6.07) is 20.1. The molecule has 0 saturated carbocycles. The number of hydrogen-bond acceptors (Lipinski definition) is 3. The first-order valence-corrected chi connectivity index (χ1v) is 10.4. The minimum atomic E-state index is -3.67. The summed E-state index contributed by atoms with van der Waals surface area (Å²) in [4.78, 5) is 12.5. The van der Waals surface area contributed by atoms with Gasteiger partial charge in [0.25, 0.3) is 15.9 Å². The number of carbonyl (C=O) groups excluding carboxylic acids is 1. The van der Waals surface area contributed by atoms with Crippen LogP contribution < -0.4 is 10.0 Å². The van der Waals surface area contributed by atoms with Crippen molar-refractivity contribution in [3.05, 3.63) is 88.4 Å². The first-order chi connectivity index (χ1) is 12.8. The van der Waals surface area contributed by atoms with E-state index in [9.17, 15) is 13.2 Å². The molecule has 138 valence electrons. The molecule has 3 rings (SSSR count). The molecule has 0 aromatic heterocycles. The molecular formula is C20H17BrN2O3S. The van der Waals surface area contributed by atoms with Crippen LogP contribution in [0.3, 0.4) is 0 Å². The first kappa shape index (κ1) is 19.1. The number of amides is 1. The summed E-state index contributed by atoms with van der Waals surface area (Å²) in [5.41, 5.74) is 2.47. The van der Waals surface area contributed by atoms with Crippen LogP contribution in [0.25, 0.3) is 0 Å². The van der Waals surface area contributed by atoms with Crippen molar-refractivity contribution in [3.8, 4) is 0 Å². The number of nitrogens with one attached hydrogen (secondary N) is 2. The van der Waals surface area contributed by atoms with E-state index >= 15 is 0 Å². The topological polar surface area (TPSA) is 75.3 Å². The van der Waals surface area contributed by atoms with Crippen LogP contribution in [-0.2, 0) is 10.0 Å². The summed E-state index contributed by atoms with van der Waals surface area (Å²) < 4.78 is 28.2. The van der Waals surface area contributed by atoms with Gasteiger partial charge in [0.1, 0.15) is 0 Å². The van der Waals surface area contributed by atoms with E-state index in [1.54, 1.807) is 60.7 Å². The van der Waals surface area contributed by atoms with E-state index in [0.717, 1.165) is 10.0 Å². The van der Waals surface area contributed by atoms with Gasteiger partial charge < -0.3 is 5.32 Å². The van der Waals surface area contributed by atoms with Crippen molar-refractivity contribution >= 4 is 43.2 Å². The fourth-order valence-electron chi connectivity index (χ4n) is 2.36. The van der Waals surface area contributed by atoms with Gasteiger partial charge in [0.2, 0.25) is 0 Å². The zero-order valence-corrected chi connectivity index (χ0v) is 16.8. The Morgan fingerprint density at radius 2 is 1.37 bits per heavy atom. The molecule has 0 radical (unpaired) electrons. The highest BCUT2D eigenvalue weighted by molar-refractivity contribution is 9.10. The molecule has 0 atom stereocenters. The molecule has 0 fully saturated rings. The van der Waals surface area contributed by atoms with Crippen molar-refractivity contribution in [1.29, 1.82) is 0 Å². The highest BCUT2D eigenvalue weighted by atomic mass is 79.9. The van der Waals surface area contributed by atoms with E-state index in [1.165, 1.54) is 0 Å². The number of anilines is 2. The zero-order valence-electron chi connectivity index (χ0n) is 14.4. The second-order valence-corrected chi connectivity index (χ2v) is 8.55. The molecule has 0 spiro atoms. The quantitative estimate of drug-likeness (QED) is 0.592. The summed E-state index contributed by atoms with van der Waals surface area (Å²) in [5, 5.41) is 2.79. The van der Waals surface area contributed by atoms with Gasteiger partial charge in [-0.25, -0.2) is 8.42 Å². The van der Waals surface area contributed by atoms with Crippen LogP contribution in [0.2, 0.25) is 0 Å². The molecule has 7 heteroatoms. The summed E-state index contributed by atoms with van der Waals surface area (Å²) in [5.74, 6) is -0.273. The maximum absolute atomic E-state index is 12.4. The molecule has 27 heavy (non-hydrogen) atoms. The Morgan fingerprint density at radius 1 is 0.815 bits per heavy atom. The lowest BCUT2D eigenvalue weighted by molar-refractivity contribution is 0.102. The average molecular weight is 445 g/mol. The standard InChI is InChI=1S/C20H17BrN2O3S/c1-14-2-12-19(13-3-14)27(25,26)23-18-8-4-15(5-9-18)20(24)22-17-10-6-16(21)7-11-17/h2-13,23H,1H3,(H,22,24). The van der Waals surface area contributed by atoms with Crippen LogP contribution in [0.1, 0.15) is 15.9 Å². The Balaban J connectivity index is 1.70. The SMILES string of the molecule is Cc1ccc(S(=O)(=O)Nc2ccc(C(=O)Nc3ccc(Br)cc3)cc2)cc1. The molecule has 2 N–H and O–H groups in total. The van der Waals surface area contributed by atoms with E-state index in [1.807, 2.05) is 19.1 Å². The molecule has 1 amide bonds. The van der Waals surface area contributed by atoms with Crippen molar-refractivity contribution in [3.63, 3.8) is 0 Å². The molecule has 3 aromatic rings. The van der Waals surface area contributed by atoms with Crippen LogP contribution in [0.15, 0.2) is 82.2 Å². The third kappa shape index (κ3) is 4.96. The highest BCUT2D eigenvalue weighted by Gasteiger charge is 2.14. The maximum Gasteiger partial charge on any atom is 0.261 e. The van der Waals surface area contributed by atoms with Crippen LogP contribution in [0.5, 0.6) is 0 Å². The lowest BCUT2D eigenvalue weighted by Crippen LogP contribution is -2.14.